The molecule has 1 aromatic heterocycles. The molecule has 1 amide bonds. The van der Waals surface area contributed by atoms with Crippen LogP contribution in [0.15, 0.2) is 23.4 Å². The van der Waals surface area contributed by atoms with Gasteiger partial charge in [0.2, 0.25) is 5.91 Å². The van der Waals surface area contributed by atoms with Crippen LogP contribution < -0.4 is 11.5 Å². The predicted octanol–water partition coefficient (Wildman–Crippen LogP) is 1.42. The third kappa shape index (κ3) is 3.66. The normalized spacial score (nSPS) is 14.4. The number of pyridine rings is 1. The summed E-state index contributed by atoms with van der Waals surface area (Å²) in [5.41, 5.74) is 9.91. The lowest BCUT2D eigenvalue weighted by Gasteiger charge is -2.19. The second-order valence-electron chi connectivity index (χ2n) is 3.67. The van der Waals surface area contributed by atoms with E-state index >= 15 is 0 Å². The molecule has 0 aliphatic heterocycles. The summed E-state index contributed by atoms with van der Waals surface area (Å²) in [6.45, 7) is 1.62. The highest BCUT2D eigenvalue weighted by Crippen LogP contribution is 2.25. The van der Waals surface area contributed by atoms with E-state index in [1.54, 1.807) is 25.3 Å². The van der Waals surface area contributed by atoms with Crippen LogP contribution in [0, 0.1) is 0 Å². The molecule has 0 aliphatic rings. The van der Waals surface area contributed by atoms with Crippen LogP contribution in [-0.2, 0) is 4.79 Å². The van der Waals surface area contributed by atoms with Crippen LogP contribution >= 0.6 is 23.4 Å². The molecule has 4 nitrogen and oxygen atoms in total. The maximum atomic E-state index is 11.0. The van der Waals surface area contributed by atoms with Crippen LogP contribution in [-0.4, -0.2) is 22.2 Å². The SMILES string of the molecule is CC(N)(CCSc1ncccc1Cl)C(N)=O. The standard InChI is InChI=1S/C10H14ClN3OS/c1-10(13,9(12)15)4-6-16-8-7(11)3-2-5-14-8/h2-3,5H,4,6,13H2,1H3,(H2,12,15). The van der Waals surface area contributed by atoms with Crippen molar-refractivity contribution in [1.29, 1.82) is 0 Å². The number of amides is 1. The highest BCUT2D eigenvalue weighted by molar-refractivity contribution is 7.99. The number of nitrogens with two attached hydrogens (primary N) is 2. The molecule has 1 unspecified atom stereocenters. The van der Waals surface area contributed by atoms with Gasteiger partial charge in [-0.05, 0) is 25.5 Å². The van der Waals surface area contributed by atoms with Gasteiger partial charge < -0.3 is 11.5 Å². The molecule has 1 atom stereocenters. The minimum absolute atomic E-state index is 0.486. The minimum Gasteiger partial charge on any atom is -0.368 e. The summed E-state index contributed by atoms with van der Waals surface area (Å²) in [5.74, 6) is 0.146. The van der Waals surface area contributed by atoms with Crippen LogP contribution in [0.4, 0.5) is 0 Å². The fourth-order valence-corrected chi connectivity index (χ4v) is 2.31. The molecule has 1 rings (SSSR count). The zero-order valence-electron chi connectivity index (χ0n) is 8.94. The van der Waals surface area contributed by atoms with E-state index in [-0.39, 0.29) is 0 Å². The number of rotatable bonds is 5. The minimum atomic E-state index is -0.978. The van der Waals surface area contributed by atoms with Gasteiger partial charge >= 0.3 is 0 Å². The van der Waals surface area contributed by atoms with Gasteiger partial charge in [-0.25, -0.2) is 4.98 Å². The molecule has 0 aliphatic carbocycles. The lowest BCUT2D eigenvalue weighted by molar-refractivity contribution is -0.122. The van der Waals surface area contributed by atoms with Gasteiger partial charge in [-0.15, -0.1) is 11.8 Å². The smallest absolute Gasteiger partial charge is 0.237 e. The third-order valence-corrected chi connectivity index (χ3v) is 3.57. The predicted molar refractivity (Wildman–Crippen MR) is 66.4 cm³/mol. The number of hydrogen-bond acceptors (Lipinski definition) is 4. The van der Waals surface area contributed by atoms with E-state index in [2.05, 4.69) is 4.98 Å². The van der Waals surface area contributed by atoms with Gasteiger partial charge in [-0.1, -0.05) is 11.6 Å². The molecule has 0 bridgehead atoms. The van der Waals surface area contributed by atoms with Crippen LogP contribution in [0.1, 0.15) is 13.3 Å². The zero-order valence-corrected chi connectivity index (χ0v) is 10.5. The second kappa shape index (κ2) is 5.52. The summed E-state index contributed by atoms with van der Waals surface area (Å²) in [6, 6.07) is 3.54. The van der Waals surface area contributed by atoms with E-state index in [1.807, 2.05) is 0 Å². The first kappa shape index (κ1) is 13.3. The largest absolute Gasteiger partial charge is 0.368 e. The first-order valence-electron chi connectivity index (χ1n) is 4.75. The lowest BCUT2D eigenvalue weighted by atomic mass is 10.0. The molecule has 0 spiro atoms. The van der Waals surface area contributed by atoms with Gasteiger partial charge in [-0.2, -0.15) is 0 Å². The fourth-order valence-electron chi connectivity index (χ4n) is 0.960. The Morgan fingerprint density at radius 2 is 2.38 bits per heavy atom. The lowest BCUT2D eigenvalue weighted by Crippen LogP contribution is -2.49. The van der Waals surface area contributed by atoms with E-state index < -0.39 is 11.4 Å². The van der Waals surface area contributed by atoms with Crippen LogP contribution in [0.3, 0.4) is 0 Å². The summed E-state index contributed by atoms with van der Waals surface area (Å²) >= 11 is 7.39. The van der Waals surface area contributed by atoms with E-state index in [1.165, 1.54) is 11.8 Å². The van der Waals surface area contributed by atoms with Gasteiger partial charge in [0.25, 0.3) is 0 Å². The highest BCUT2D eigenvalue weighted by atomic mass is 35.5. The van der Waals surface area contributed by atoms with Crippen LogP contribution in [0.2, 0.25) is 5.02 Å². The number of hydrogen-bond donors (Lipinski definition) is 2. The summed E-state index contributed by atoms with van der Waals surface area (Å²) in [7, 11) is 0. The molecule has 0 saturated carbocycles. The number of carbonyl (C=O) groups is 1. The fraction of sp³-hybridized carbons (Fsp3) is 0.400. The Morgan fingerprint density at radius 3 is 2.94 bits per heavy atom. The van der Waals surface area contributed by atoms with Gasteiger partial charge in [-0.3, -0.25) is 4.79 Å². The van der Waals surface area contributed by atoms with Crippen molar-refractivity contribution in [2.24, 2.45) is 11.5 Å². The molecular formula is C10H14ClN3OS. The monoisotopic (exact) mass is 259 g/mol. The van der Waals surface area contributed by atoms with Crippen LogP contribution in [0.25, 0.3) is 0 Å². The molecule has 1 heterocycles. The van der Waals surface area contributed by atoms with Gasteiger partial charge in [0.1, 0.15) is 5.03 Å². The van der Waals surface area contributed by atoms with Crippen molar-refractivity contribution in [1.82, 2.24) is 4.98 Å². The van der Waals surface area contributed by atoms with Crippen molar-refractivity contribution in [3.63, 3.8) is 0 Å². The number of nitrogens with zero attached hydrogens (tertiary/aromatic N) is 1. The topological polar surface area (TPSA) is 82.0 Å². The Hall–Kier alpha value is -0.780. The molecule has 88 valence electrons. The maximum absolute atomic E-state index is 11.0. The molecule has 0 fully saturated rings. The highest BCUT2D eigenvalue weighted by Gasteiger charge is 2.25. The quantitative estimate of drug-likeness (QED) is 0.784. The molecular weight excluding hydrogens is 246 g/mol. The van der Waals surface area contributed by atoms with Crippen molar-refractivity contribution >= 4 is 29.3 Å². The Morgan fingerprint density at radius 1 is 1.69 bits per heavy atom. The molecule has 16 heavy (non-hydrogen) atoms. The summed E-state index contributed by atoms with van der Waals surface area (Å²) in [6.07, 6.45) is 2.16. The number of aromatic nitrogens is 1. The molecule has 0 saturated heterocycles. The number of halogens is 1. The number of carbonyl (C=O) groups excluding carboxylic acids is 1. The molecule has 4 N–H and O–H groups in total. The Bertz CT molecular complexity index is 384. The summed E-state index contributed by atoms with van der Waals surface area (Å²) < 4.78 is 0. The Kier molecular flexibility index (Phi) is 4.58. The number of thioether (sulfide) groups is 1. The van der Waals surface area contributed by atoms with E-state index in [4.69, 9.17) is 23.1 Å². The van der Waals surface area contributed by atoms with Crippen molar-refractivity contribution in [3.05, 3.63) is 23.4 Å². The van der Waals surface area contributed by atoms with E-state index in [0.717, 1.165) is 5.03 Å². The van der Waals surface area contributed by atoms with Crippen LogP contribution in [0.5, 0.6) is 0 Å². The van der Waals surface area contributed by atoms with Crippen molar-refractivity contribution in [2.45, 2.75) is 23.9 Å². The molecule has 1 aromatic rings. The van der Waals surface area contributed by atoms with Gasteiger partial charge in [0, 0.05) is 11.9 Å². The van der Waals surface area contributed by atoms with E-state index in [9.17, 15) is 4.79 Å². The molecule has 0 radical (unpaired) electrons. The average molecular weight is 260 g/mol. The average Bonchev–Trinajstić information content (AvgIpc) is 2.20. The first-order valence-corrected chi connectivity index (χ1v) is 6.12. The number of primary amides is 1. The van der Waals surface area contributed by atoms with Gasteiger partial charge in [0.05, 0.1) is 10.6 Å². The van der Waals surface area contributed by atoms with Crippen molar-refractivity contribution in [3.8, 4) is 0 Å². The molecule has 0 aromatic carbocycles. The Balaban J connectivity index is 2.48. The first-order chi connectivity index (χ1) is 7.43. The van der Waals surface area contributed by atoms with Gasteiger partial charge in [0.15, 0.2) is 0 Å². The summed E-state index contributed by atoms with van der Waals surface area (Å²) in [4.78, 5) is 15.1. The van der Waals surface area contributed by atoms with E-state index in [0.29, 0.717) is 17.2 Å². The molecule has 6 heteroatoms. The van der Waals surface area contributed by atoms with Crippen molar-refractivity contribution in [2.75, 3.05) is 5.75 Å². The third-order valence-electron chi connectivity index (χ3n) is 2.15. The zero-order chi connectivity index (χ0) is 12.2. The second-order valence-corrected chi connectivity index (χ2v) is 5.16. The Labute approximate surface area is 104 Å². The summed E-state index contributed by atoms with van der Waals surface area (Å²) in [5, 5.41) is 1.34. The van der Waals surface area contributed by atoms with Crippen molar-refractivity contribution < 1.29 is 4.79 Å². The maximum Gasteiger partial charge on any atom is 0.237 e.